The van der Waals surface area contributed by atoms with Gasteiger partial charge in [-0.05, 0) is 30.6 Å². The van der Waals surface area contributed by atoms with E-state index in [1.54, 1.807) is 34.6 Å². The van der Waals surface area contributed by atoms with Gasteiger partial charge in [0, 0.05) is 13.1 Å². The molecule has 0 aromatic carbocycles. The number of hydrogen-bond acceptors (Lipinski definition) is 7. The molecule has 5 atom stereocenters. The average Bonchev–Trinajstić information content (AvgIpc) is 3.27. The summed E-state index contributed by atoms with van der Waals surface area (Å²) in [6.45, 7) is 15.6. The van der Waals surface area contributed by atoms with E-state index in [9.17, 15) is 28.8 Å². The highest BCUT2D eigenvalue weighted by Crippen LogP contribution is 2.28. The third kappa shape index (κ3) is 9.70. The molecule has 0 saturated carbocycles. The lowest BCUT2D eigenvalue weighted by atomic mass is 9.85. The van der Waals surface area contributed by atoms with E-state index in [1.165, 1.54) is 17.9 Å². The lowest BCUT2D eigenvalue weighted by Crippen LogP contribution is -2.61. The Morgan fingerprint density at radius 1 is 1.10 bits per heavy atom. The Bertz CT molecular complexity index is 1030. The van der Waals surface area contributed by atoms with Gasteiger partial charge in [0.15, 0.2) is 6.61 Å². The minimum atomic E-state index is -1.12. The number of Topliss-reactive ketones (excluding diaryl/α,β-unsaturated/α-hetero) is 1. The summed E-state index contributed by atoms with van der Waals surface area (Å²) in [4.78, 5) is 77.9. The van der Waals surface area contributed by atoms with E-state index < -0.39 is 65.1 Å². The van der Waals surface area contributed by atoms with Crippen molar-refractivity contribution in [2.75, 3.05) is 19.7 Å². The lowest BCUT2D eigenvalue weighted by molar-refractivity contribution is -0.145. The molecule has 12 heteroatoms. The number of terminal acetylenes is 1. The summed E-state index contributed by atoms with van der Waals surface area (Å²) in [5.74, 6) is -1.62. The number of nitrogens with zero attached hydrogens (tertiary/aromatic N) is 1. The smallest absolute Gasteiger partial charge is 0.329 e. The molecule has 0 bridgehead atoms. The molecule has 1 heterocycles. The highest BCUT2D eigenvalue weighted by atomic mass is 16.5. The van der Waals surface area contributed by atoms with Crippen molar-refractivity contribution >= 4 is 35.5 Å². The average molecular weight is 562 g/mol. The summed E-state index contributed by atoms with van der Waals surface area (Å²) >= 11 is 0. The van der Waals surface area contributed by atoms with Gasteiger partial charge in [-0.3, -0.25) is 19.2 Å². The summed E-state index contributed by atoms with van der Waals surface area (Å²) in [6.07, 6.45) is 6.90. The molecule has 0 radical (unpaired) electrons. The van der Waals surface area contributed by atoms with Crippen LogP contribution in [0.3, 0.4) is 0 Å². The van der Waals surface area contributed by atoms with Crippen molar-refractivity contribution in [3.63, 3.8) is 0 Å². The lowest BCUT2D eigenvalue weighted by Gasteiger charge is -2.36. The van der Waals surface area contributed by atoms with Crippen LogP contribution in [-0.2, 0) is 28.7 Å². The number of esters is 1. The minimum Gasteiger partial charge on any atom is -0.451 e. The van der Waals surface area contributed by atoms with E-state index in [0.717, 1.165) is 0 Å². The zero-order valence-electron chi connectivity index (χ0n) is 24.5. The monoisotopic (exact) mass is 561 g/mol. The Labute approximate surface area is 236 Å². The van der Waals surface area contributed by atoms with E-state index in [-0.39, 0.29) is 31.5 Å². The molecule has 1 aliphatic heterocycles. The first-order valence-corrected chi connectivity index (χ1v) is 13.3. The van der Waals surface area contributed by atoms with Crippen molar-refractivity contribution in [1.82, 2.24) is 26.2 Å². The van der Waals surface area contributed by atoms with Gasteiger partial charge in [-0.1, -0.05) is 53.5 Å². The first kappa shape index (κ1) is 34.1. The fourth-order valence-corrected chi connectivity index (χ4v) is 4.19. The van der Waals surface area contributed by atoms with Crippen LogP contribution in [0.1, 0.15) is 54.9 Å². The Kier molecular flexibility index (Phi) is 12.8. The standard InChI is InChI=1S/C28H43N5O7/c1-10-12-29-24(36)21(34)18(6)30-23(35)19-14-17(5)15-33(19)25(37)22(28(7,8)9)32-27(39)31-20(16(3)4)26(38)40-13-11-2/h2,10,16-20,22H,1,12-15H2,3-9H3,(H,29,36)(H,30,35)(H2,31,32,39)/t17-,18?,19+,20?,22?/m1/s1. The first-order valence-electron chi connectivity index (χ1n) is 13.3. The van der Waals surface area contributed by atoms with Crippen LogP contribution in [-0.4, -0.2) is 84.3 Å². The third-order valence-electron chi connectivity index (χ3n) is 6.37. The Morgan fingerprint density at radius 2 is 1.73 bits per heavy atom. The van der Waals surface area contributed by atoms with Gasteiger partial charge in [-0.2, -0.15) is 0 Å². The number of urea groups is 1. The van der Waals surface area contributed by atoms with Gasteiger partial charge in [-0.15, -0.1) is 13.0 Å². The summed E-state index contributed by atoms with van der Waals surface area (Å²) in [6, 6.07) is -4.85. The predicted octanol–water partition coefficient (Wildman–Crippen LogP) is 0.514. The van der Waals surface area contributed by atoms with Crippen molar-refractivity contribution in [2.45, 2.75) is 79.1 Å². The van der Waals surface area contributed by atoms with Gasteiger partial charge >= 0.3 is 12.0 Å². The molecule has 1 rings (SSSR count). The second-order valence-electron chi connectivity index (χ2n) is 11.4. The summed E-state index contributed by atoms with van der Waals surface area (Å²) in [5, 5.41) is 10.1. The van der Waals surface area contributed by atoms with Crippen molar-refractivity contribution in [2.24, 2.45) is 17.3 Å². The first-order chi connectivity index (χ1) is 18.5. The second kappa shape index (κ2) is 15.1. The van der Waals surface area contributed by atoms with E-state index in [2.05, 4.69) is 33.8 Å². The molecule has 0 aromatic rings. The Morgan fingerprint density at radius 3 is 2.25 bits per heavy atom. The van der Waals surface area contributed by atoms with Gasteiger partial charge in [-0.25, -0.2) is 9.59 Å². The van der Waals surface area contributed by atoms with Gasteiger partial charge in [0.05, 0.1) is 6.04 Å². The van der Waals surface area contributed by atoms with E-state index in [1.807, 2.05) is 6.92 Å². The quantitative estimate of drug-likeness (QED) is 0.117. The molecule has 222 valence electrons. The van der Waals surface area contributed by atoms with Crippen LogP contribution >= 0.6 is 0 Å². The SMILES string of the molecule is C#CCOC(=O)C(NC(=O)NC(C(=O)N1C[C@H](C)C[C@H]1C(=O)NC(C)C(=O)C(=O)NCC=C)C(C)(C)C)C(C)C. The van der Waals surface area contributed by atoms with Crippen molar-refractivity contribution in [3.8, 4) is 12.3 Å². The number of ether oxygens (including phenoxy) is 1. The highest BCUT2D eigenvalue weighted by molar-refractivity contribution is 6.38. The number of nitrogens with one attached hydrogen (secondary N) is 4. The molecule has 5 amide bonds. The largest absolute Gasteiger partial charge is 0.451 e. The fraction of sp³-hybridized carbons (Fsp3) is 0.643. The maximum atomic E-state index is 13.8. The fourth-order valence-electron chi connectivity index (χ4n) is 4.19. The van der Waals surface area contributed by atoms with Gasteiger partial charge in [0.2, 0.25) is 17.6 Å². The molecule has 0 spiro atoms. The molecule has 4 N–H and O–H groups in total. The van der Waals surface area contributed by atoms with E-state index >= 15 is 0 Å². The number of ketones is 1. The number of amides is 5. The van der Waals surface area contributed by atoms with Crippen LogP contribution in [0.2, 0.25) is 0 Å². The predicted molar refractivity (Wildman–Crippen MR) is 148 cm³/mol. The van der Waals surface area contributed by atoms with Crippen molar-refractivity contribution < 1.29 is 33.5 Å². The molecular formula is C28H43N5O7. The molecule has 12 nitrogen and oxygen atoms in total. The third-order valence-corrected chi connectivity index (χ3v) is 6.37. The molecule has 3 unspecified atom stereocenters. The van der Waals surface area contributed by atoms with Crippen LogP contribution in [0.4, 0.5) is 4.79 Å². The minimum absolute atomic E-state index is 0.0349. The van der Waals surface area contributed by atoms with Crippen LogP contribution in [0.5, 0.6) is 0 Å². The molecule has 1 fully saturated rings. The summed E-state index contributed by atoms with van der Waals surface area (Å²) in [5.41, 5.74) is -0.773. The van der Waals surface area contributed by atoms with Crippen LogP contribution in [0.25, 0.3) is 0 Å². The van der Waals surface area contributed by atoms with Gasteiger partial charge < -0.3 is 30.9 Å². The summed E-state index contributed by atoms with van der Waals surface area (Å²) < 4.78 is 4.96. The number of carbonyl (C=O) groups excluding carboxylic acids is 6. The Balaban J connectivity index is 3.07. The normalized spacial score (nSPS) is 18.9. The van der Waals surface area contributed by atoms with Crippen LogP contribution in [0.15, 0.2) is 12.7 Å². The maximum absolute atomic E-state index is 13.8. The molecule has 0 aromatic heterocycles. The number of hydrogen-bond donors (Lipinski definition) is 4. The molecule has 1 aliphatic rings. The number of rotatable bonds is 12. The van der Waals surface area contributed by atoms with Crippen molar-refractivity contribution in [3.05, 3.63) is 12.7 Å². The van der Waals surface area contributed by atoms with Crippen LogP contribution < -0.4 is 21.3 Å². The molecule has 40 heavy (non-hydrogen) atoms. The number of likely N-dealkylation sites (tertiary alicyclic amines) is 1. The van der Waals surface area contributed by atoms with Gasteiger partial charge in [0.1, 0.15) is 18.1 Å². The van der Waals surface area contributed by atoms with Gasteiger partial charge in [0.25, 0.3) is 5.91 Å². The molecule has 1 saturated heterocycles. The zero-order valence-corrected chi connectivity index (χ0v) is 24.5. The molecular weight excluding hydrogens is 518 g/mol. The highest BCUT2D eigenvalue weighted by Gasteiger charge is 2.44. The van der Waals surface area contributed by atoms with E-state index in [0.29, 0.717) is 6.42 Å². The van der Waals surface area contributed by atoms with E-state index in [4.69, 9.17) is 11.2 Å². The molecule has 0 aliphatic carbocycles. The maximum Gasteiger partial charge on any atom is 0.329 e. The zero-order chi connectivity index (χ0) is 30.8. The van der Waals surface area contributed by atoms with Crippen molar-refractivity contribution in [1.29, 1.82) is 0 Å². The Hall–Kier alpha value is -3.88. The summed E-state index contributed by atoms with van der Waals surface area (Å²) in [7, 11) is 0. The topological polar surface area (TPSA) is 163 Å². The second-order valence-corrected chi connectivity index (χ2v) is 11.4. The number of carbonyl (C=O) groups is 6. The van der Waals surface area contributed by atoms with Crippen LogP contribution in [0, 0.1) is 29.6 Å².